The molecule has 0 fully saturated rings. The van der Waals surface area contributed by atoms with Gasteiger partial charge in [-0.15, -0.1) is 0 Å². The number of nitrogens with two attached hydrogens (primary N) is 1. The molecule has 0 bridgehead atoms. The molecule has 2 rings (SSSR count). The average Bonchev–Trinajstić information content (AvgIpc) is 2.75. The van der Waals surface area contributed by atoms with Crippen molar-refractivity contribution in [1.82, 2.24) is 9.78 Å². The Morgan fingerprint density at radius 1 is 1.38 bits per heavy atom. The lowest BCUT2D eigenvalue weighted by Gasteiger charge is -2.17. The first-order valence-corrected chi connectivity index (χ1v) is 7.98. The van der Waals surface area contributed by atoms with Gasteiger partial charge in [-0.1, -0.05) is 12.1 Å². The van der Waals surface area contributed by atoms with E-state index >= 15 is 0 Å². The van der Waals surface area contributed by atoms with Crippen molar-refractivity contribution in [2.45, 2.75) is 32.9 Å². The maximum Gasteiger partial charge on any atom is 0.0738 e. The van der Waals surface area contributed by atoms with Gasteiger partial charge in [0, 0.05) is 38.8 Å². The van der Waals surface area contributed by atoms with E-state index in [-0.39, 0.29) is 6.04 Å². The molecule has 0 aliphatic carbocycles. The number of aromatic nitrogens is 2. The number of hydrogen-bond donors (Lipinski definition) is 1. The van der Waals surface area contributed by atoms with Crippen LogP contribution in [0, 0.1) is 6.92 Å². The van der Waals surface area contributed by atoms with Crippen molar-refractivity contribution >= 4 is 21.6 Å². The number of rotatable bonds is 5. The first-order valence-electron chi connectivity index (χ1n) is 7.18. The fourth-order valence-corrected chi connectivity index (χ4v) is 2.87. The molecule has 0 aliphatic rings. The molecule has 1 aromatic carbocycles. The van der Waals surface area contributed by atoms with E-state index in [1.807, 2.05) is 25.7 Å². The van der Waals surface area contributed by atoms with E-state index in [1.54, 1.807) is 0 Å². The molecule has 1 aromatic heterocycles. The molecule has 114 valence electrons. The van der Waals surface area contributed by atoms with Crippen molar-refractivity contribution in [2.75, 3.05) is 19.0 Å². The lowest BCUT2D eigenvalue weighted by molar-refractivity contribution is 0.586. The van der Waals surface area contributed by atoms with Crippen LogP contribution in [0.1, 0.15) is 29.9 Å². The fraction of sp³-hybridized carbons (Fsp3) is 0.438. The number of hydrogen-bond acceptors (Lipinski definition) is 3. The van der Waals surface area contributed by atoms with Gasteiger partial charge in [0.25, 0.3) is 0 Å². The summed E-state index contributed by atoms with van der Waals surface area (Å²) in [5.74, 6) is 0. The molecule has 21 heavy (non-hydrogen) atoms. The fourth-order valence-electron chi connectivity index (χ4n) is 2.42. The highest BCUT2D eigenvalue weighted by atomic mass is 79.9. The van der Waals surface area contributed by atoms with Crippen LogP contribution in [0.5, 0.6) is 0 Å². The summed E-state index contributed by atoms with van der Waals surface area (Å²) >= 11 is 3.63. The van der Waals surface area contributed by atoms with Gasteiger partial charge in [-0.3, -0.25) is 4.68 Å². The third-order valence-electron chi connectivity index (χ3n) is 3.68. The molecule has 0 saturated carbocycles. The van der Waals surface area contributed by atoms with Crippen molar-refractivity contribution < 1.29 is 0 Å². The van der Waals surface area contributed by atoms with Crippen LogP contribution in [0.2, 0.25) is 0 Å². The monoisotopic (exact) mass is 350 g/mol. The summed E-state index contributed by atoms with van der Waals surface area (Å²) in [6, 6.07) is 8.35. The molecule has 5 heteroatoms. The van der Waals surface area contributed by atoms with E-state index < -0.39 is 0 Å². The van der Waals surface area contributed by atoms with Crippen molar-refractivity contribution in [3.05, 3.63) is 45.7 Å². The van der Waals surface area contributed by atoms with E-state index in [0.29, 0.717) is 0 Å². The first-order chi connectivity index (χ1) is 9.93. The van der Waals surface area contributed by atoms with Crippen LogP contribution in [-0.4, -0.2) is 23.9 Å². The second-order valence-electron chi connectivity index (χ2n) is 5.46. The quantitative estimate of drug-likeness (QED) is 0.899. The highest BCUT2D eigenvalue weighted by Crippen LogP contribution is 2.26. The average molecular weight is 351 g/mol. The van der Waals surface area contributed by atoms with Crippen LogP contribution >= 0.6 is 15.9 Å². The van der Waals surface area contributed by atoms with Gasteiger partial charge in [-0.05, 0) is 47.5 Å². The Hall–Kier alpha value is -1.33. The lowest BCUT2D eigenvalue weighted by Crippen LogP contribution is -2.17. The molecule has 1 unspecified atom stereocenters. The van der Waals surface area contributed by atoms with Crippen LogP contribution in [-0.2, 0) is 13.0 Å². The molecule has 2 aromatic rings. The number of aryl methyl sites for hydroxylation is 2. The van der Waals surface area contributed by atoms with Crippen LogP contribution in [0.25, 0.3) is 0 Å². The number of benzene rings is 1. The van der Waals surface area contributed by atoms with E-state index in [2.05, 4.69) is 57.1 Å². The smallest absolute Gasteiger partial charge is 0.0738 e. The standard InChI is InChI=1S/C16H23BrN4/c1-5-21-15(16(17)11(2)19-21)10-14(18)12-7-6-8-13(9-12)20(3)4/h6-9,14H,5,10,18H2,1-4H3. The molecule has 0 saturated heterocycles. The van der Waals surface area contributed by atoms with Crippen LogP contribution in [0.15, 0.2) is 28.7 Å². The van der Waals surface area contributed by atoms with E-state index in [9.17, 15) is 0 Å². The largest absolute Gasteiger partial charge is 0.378 e. The van der Waals surface area contributed by atoms with Gasteiger partial charge in [0.2, 0.25) is 0 Å². The Balaban J connectivity index is 2.26. The number of halogens is 1. The maximum atomic E-state index is 6.42. The summed E-state index contributed by atoms with van der Waals surface area (Å²) in [6.07, 6.45) is 0.770. The third kappa shape index (κ3) is 3.47. The first kappa shape index (κ1) is 16.0. The Labute approximate surface area is 135 Å². The highest BCUT2D eigenvalue weighted by molar-refractivity contribution is 9.10. The van der Waals surface area contributed by atoms with Gasteiger partial charge < -0.3 is 10.6 Å². The highest BCUT2D eigenvalue weighted by Gasteiger charge is 2.16. The zero-order valence-electron chi connectivity index (χ0n) is 13.1. The van der Waals surface area contributed by atoms with E-state index in [4.69, 9.17) is 5.73 Å². The molecular weight excluding hydrogens is 328 g/mol. The SMILES string of the molecule is CCn1nc(C)c(Br)c1CC(N)c1cccc(N(C)C)c1. The molecule has 0 radical (unpaired) electrons. The second kappa shape index (κ2) is 6.62. The predicted octanol–water partition coefficient (Wildman–Crippen LogP) is 3.28. The zero-order chi connectivity index (χ0) is 15.6. The molecule has 4 nitrogen and oxygen atoms in total. The third-order valence-corrected chi connectivity index (χ3v) is 4.71. The van der Waals surface area contributed by atoms with Gasteiger partial charge in [-0.2, -0.15) is 5.10 Å². The van der Waals surface area contributed by atoms with Gasteiger partial charge in [0.15, 0.2) is 0 Å². The molecular formula is C16H23BrN4. The normalized spacial score (nSPS) is 12.5. The minimum atomic E-state index is -0.0393. The van der Waals surface area contributed by atoms with Gasteiger partial charge in [0.1, 0.15) is 0 Å². The van der Waals surface area contributed by atoms with Crippen molar-refractivity contribution in [3.63, 3.8) is 0 Å². The van der Waals surface area contributed by atoms with Crippen molar-refractivity contribution in [2.24, 2.45) is 5.73 Å². The van der Waals surface area contributed by atoms with Crippen LogP contribution in [0.3, 0.4) is 0 Å². The van der Waals surface area contributed by atoms with Gasteiger partial charge in [0.05, 0.1) is 15.9 Å². The molecule has 0 amide bonds. The molecule has 0 spiro atoms. The van der Waals surface area contributed by atoms with Crippen molar-refractivity contribution in [1.29, 1.82) is 0 Å². The summed E-state index contributed by atoms with van der Waals surface area (Å²) in [7, 11) is 4.08. The topological polar surface area (TPSA) is 47.1 Å². The minimum absolute atomic E-state index is 0.0393. The second-order valence-corrected chi connectivity index (χ2v) is 6.25. The zero-order valence-corrected chi connectivity index (χ0v) is 14.7. The Morgan fingerprint density at radius 3 is 2.71 bits per heavy atom. The summed E-state index contributed by atoms with van der Waals surface area (Å²) in [5.41, 5.74) is 10.9. The van der Waals surface area contributed by atoms with Crippen LogP contribution < -0.4 is 10.6 Å². The van der Waals surface area contributed by atoms with Crippen LogP contribution in [0.4, 0.5) is 5.69 Å². The molecule has 1 atom stereocenters. The van der Waals surface area contributed by atoms with E-state index in [0.717, 1.165) is 34.4 Å². The maximum absolute atomic E-state index is 6.42. The Morgan fingerprint density at radius 2 is 2.10 bits per heavy atom. The Kier molecular flexibility index (Phi) is 5.06. The molecule has 0 aliphatic heterocycles. The number of anilines is 1. The van der Waals surface area contributed by atoms with Gasteiger partial charge in [-0.25, -0.2) is 0 Å². The summed E-state index contributed by atoms with van der Waals surface area (Å²) in [4.78, 5) is 2.09. The lowest BCUT2D eigenvalue weighted by atomic mass is 10.0. The molecule has 1 heterocycles. The minimum Gasteiger partial charge on any atom is -0.378 e. The van der Waals surface area contributed by atoms with E-state index in [1.165, 1.54) is 5.69 Å². The summed E-state index contributed by atoms with van der Waals surface area (Å²) in [6.45, 7) is 4.96. The summed E-state index contributed by atoms with van der Waals surface area (Å²) < 4.78 is 3.10. The number of nitrogens with zero attached hydrogens (tertiary/aromatic N) is 3. The van der Waals surface area contributed by atoms with Crippen molar-refractivity contribution in [3.8, 4) is 0 Å². The predicted molar refractivity (Wildman–Crippen MR) is 91.7 cm³/mol. The Bertz CT molecular complexity index is 619. The summed E-state index contributed by atoms with van der Waals surface area (Å²) in [5, 5.41) is 4.53. The van der Waals surface area contributed by atoms with Gasteiger partial charge >= 0.3 is 0 Å². The molecule has 2 N–H and O–H groups in total.